The summed E-state index contributed by atoms with van der Waals surface area (Å²) in [6.45, 7) is 3.44. The SMILES string of the molecule is COCc1cccc(CNc2ncc(Br)cc2C)c1. The van der Waals surface area contributed by atoms with Crippen LogP contribution in [0.3, 0.4) is 0 Å². The van der Waals surface area contributed by atoms with E-state index in [1.807, 2.05) is 13.0 Å². The Morgan fingerprint density at radius 3 is 2.79 bits per heavy atom. The number of hydrogen-bond acceptors (Lipinski definition) is 3. The molecule has 0 saturated heterocycles. The first-order valence-electron chi connectivity index (χ1n) is 6.12. The fourth-order valence-corrected chi connectivity index (χ4v) is 2.35. The molecule has 0 aliphatic rings. The normalized spacial score (nSPS) is 10.5. The molecule has 0 bridgehead atoms. The van der Waals surface area contributed by atoms with E-state index in [9.17, 15) is 0 Å². The van der Waals surface area contributed by atoms with Crippen LogP contribution in [0.1, 0.15) is 16.7 Å². The third kappa shape index (κ3) is 4.04. The molecule has 0 fully saturated rings. The number of anilines is 1. The summed E-state index contributed by atoms with van der Waals surface area (Å²) in [5.41, 5.74) is 3.53. The van der Waals surface area contributed by atoms with E-state index in [0.29, 0.717) is 6.61 Å². The second kappa shape index (κ2) is 6.68. The Labute approximate surface area is 122 Å². The Morgan fingerprint density at radius 1 is 1.26 bits per heavy atom. The van der Waals surface area contributed by atoms with E-state index >= 15 is 0 Å². The summed E-state index contributed by atoms with van der Waals surface area (Å²) in [5.74, 6) is 0.917. The minimum absolute atomic E-state index is 0.642. The highest BCUT2D eigenvalue weighted by Crippen LogP contribution is 2.17. The number of aromatic nitrogens is 1. The number of nitrogens with zero attached hydrogens (tertiary/aromatic N) is 1. The zero-order chi connectivity index (χ0) is 13.7. The number of nitrogens with one attached hydrogen (secondary N) is 1. The maximum Gasteiger partial charge on any atom is 0.129 e. The van der Waals surface area contributed by atoms with Gasteiger partial charge in [0.05, 0.1) is 6.61 Å². The van der Waals surface area contributed by atoms with Crippen molar-refractivity contribution in [1.82, 2.24) is 4.98 Å². The van der Waals surface area contributed by atoms with Crippen LogP contribution in [0.4, 0.5) is 5.82 Å². The molecule has 100 valence electrons. The lowest BCUT2D eigenvalue weighted by atomic mass is 10.1. The summed E-state index contributed by atoms with van der Waals surface area (Å²) in [7, 11) is 1.71. The number of rotatable bonds is 5. The van der Waals surface area contributed by atoms with E-state index in [1.54, 1.807) is 13.3 Å². The van der Waals surface area contributed by atoms with Gasteiger partial charge in [0.1, 0.15) is 5.82 Å². The molecule has 1 aromatic heterocycles. The standard InChI is InChI=1S/C15H17BrN2O/c1-11-6-14(16)9-18-15(11)17-8-12-4-3-5-13(7-12)10-19-2/h3-7,9H,8,10H2,1-2H3,(H,17,18). The van der Waals surface area contributed by atoms with Crippen LogP contribution in [0.25, 0.3) is 0 Å². The van der Waals surface area contributed by atoms with Gasteiger partial charge in [-0.2, -0.15) is 0 Å². The molecule has 0 radical (unpaired) electrons. The molecule has 0 saturated carbocycles. The van der Waals surface area contributed by atoms with E-state index in [2.05, 4.69) is 50.5 Å². The minimum atomic E-state index is 0.642. The highest BCUT2D eigenvalue weighted by Gasteiger charge is 2.01. The largest absolute Gasteiger partial charge is 0.380 e. The lowest BCUT2D eigenvalue weighted by molar-refractivity contribution is 0.185. The first-order chi connectivity index (χ1) is 9.19. The quantitative estimate of drug-likeness (QED) is 0.906. The molecule has 1 heterocycles. The Bertz CT molecular complexity index is 558. The van der Waals surface area contributed by atoms with Crippen LogP contribution in [0.15, 0.2) is 41.0 Å². The molecule has 3 nitrogen and oxygen atoms in total. The maximum absolute atomic E-state index is 5.14. The monoisotopic (exact) mass is 320 g/mol. The number of benzene rings is 1. The summed E-state index contributed by atoms with van der Waals surface area (Å²) in [6, 6.07) is 10.4. The number of hydrogen-bond donors (Lipinski definition) is 1. The van der Waals surface area contributed by atoms with Crippen molar-refractivity contribution in [2.45, 2.75) is 20.1 Å². The summed E-state index contributed by atoms with van der Waals surface area (Å²) in [6.07, 6.45) is 1.80. The van der Waals surface area contributed by atoms with Crippen molar-refractivity contribution in [3.8, 4) is 0 Å². The van der Waals surface area contributed by atoms with Crippen molar-refractivity contribution in [1.29, 1.82) is 0 Å². The van der Waals surface area contributed by atoms with Crippen molar-refractivity contribution in [2.75, 3.05) is 12.4 Å². The van der Waals surface area contributed by atoms with Gasteiger partial charge in [0.2, 0.25) is 0 Å². The van der Waals surface area contributed by atoms with E-state index in [0.717, 1.165) is 22.4 Å². The van der Waals surface area contributed by atoms with Gasteiger partial charge in [-0.15, -0.1) is 0 Å². The summed E-state index contributed by atoms with van der Waals surface area (Å²) in [5, 5.41) is 3.35. The predicted molar refractivity (Wildman–Crippen MR) is 81.2 cm³/mol. The number of aryl methyl sites for hydroxylation is 1. The Balaban J connectivity index is 2.03. The van der Waals surface area contributed by atoms with E-state index < -0.39 is 0 Å². The summed E-state index contributed by atoms with van der Waals surface area (Å²) in [4.78, 5) is 4.37. The van der Waals surface area contributed by atoms with Crippen molar-refractivity contribution >= 4 is 21.7 Å². The maximum atomic E-state index is 5.14. The molecule has 2 aromatic rings. The lowest BCUT2D eigenvalue weighted by Crippen LogP contribution is -2.03. The molecule has 1 aromatic carbocycles. The molecule has 0 atom stereocenters. The van der Waals surface area contributed by atoms with Gasteiger partial charge in [-0.3, -0.25) is 0 Å². The van der Waals surface area contributed by atoms with E-state index in [1.165, 1.54) is 11.1 Å². The summed E-state index contributed by atoms with van der Waals surface area (Å²) >= 11 is 3.41. The third-order valence-corrected chi connectivity index (χ3v) is 3.24. The fraction of sp³-hybridized carbons (Fsp3) is 0.267. The Hall–Kier alpha value is -1.39. The number of halogens is 1. The fourth-order valence-electron chi connectivity index (χ4n) is 1.91. The predicted octanol–water partition coefficient (Wildman–Crippen LogP) is 3.91. The molecule has 19 heavy (non-hydrogen) atoms. The molecule has 2 rings (SSSR count). The molecule has 0 spiro atoms. The molecule has 0 unspecified atom stereocenters. The highest BCUT2D eigenvalue weighted by molar-refractivity contribution is 9.10. The third-order valence-electron chi connectivity index (χ3n) is 2.81. The van der Waals surface area contributed by atoms with Crippen LogP contribution in [-0.2, 0) is 17.9 Å². The Kier molecular flexibility index (Phi) is 4.93. The van der Waals surface area contributed by atoms with Crippen LogP contribution >= 0.6 is 15.9 Å². The molecular formula is C15H17BrN2O. The van der Waals surface area contributed by atoms with Gasteiger partial charge in [-0.1, -0.05) is 24.3 Å². The zero-order valence-corrected chi connectivity index (χ0v) is 12.7. The van der Waals surface area contributed by atoms with E-state index in [-0.39, 0.29) is 0 Å². The molecule has 0 aliphatic carbocycles. The van der Waals surface area contributed by atoms with Crippen LogP contribution in [0, 0.1) is 6.92 Å². The average molecular weight is 321 g/mol. The number of pyridine rings is 1. The number of methoxy groups -OCH3 is 1. The molecule has 0 amide bonds. The van der Waals surface area contributed by atoms with E-state index in [4.69, 9.17) is 4.74 Å². The van der Waals surface area contributed by atoms with Gasteiger partial charge in [-0.25, -0.2) is 4.98 Å². The van der Waals surface area contributed by atoms with Gasteiger partial charge < -0.3 is 10.1 Å². The first-order valence-corrected chi connectivity index (χ1v) is 6.91. The average Bonchev–Trinajstić information content (AvgIpc) is 2.38. The topological polar surface area (TPSA) is 34.1 Å². The van der Waals surface area contributed by atoms with Gasteiger partial charge in [0.15, 0.2) is 0 Å². The molecule has 1 N–H and O–H groups in total. The van der Waals surface area contributed by atoms with Gasteiger partial charge in [0.25, 0.3) is 0 Å². The van der Waals surface area contributed by atoms with Crippen molar-refractivity contribution in [3.63, 3.8) is 0 Å². The first kappa shape index (κ1) is 14.0. The molecular weight excluding hydrogens is 304 g/mol. The van der Waals surface area contributed by atoms with Gasteiger partial charge in [0, 0.05) is 24.3 Å². The van der Waals surface area contributed by atoms with Crippen LogP contribution < -0.4 is 5.32 Å². The van der Waals surface area contributed by atoms with Crippen molar-refractivity contribution in [2.24, 2.45) is 0 Å². The van der Waals surface area contributed by atoms with Crippen LogP contribution in [0.2, 0.25) is 0 Å². The van der Waals surface area contributed by atoms with Gasteiger partial charge in [-0.05, 0) is 45.6 Å². The highest BCUT2D eigenvalue weighted by atomic mass is 79.9. The zero-order valence-electron chi connectivity index (χ0n) is 11.1. The minimum Gasteiger partial charge on any atom is -0.380 e. The van der Waals surface area contributed by atoms with Crippen LogP contribution in [0.5, 0.6) is 0 Å². The van der Waals surface area contributed by atoms with Crippen LogP contribution in [-0.4, -0.2) is 12.1 Å². The second-order valence-electron chi connectivity index (χ2n) is 4.43. The van der Waals surface area contributed by atoms with Crippen molar-refractivity contribution < 1.29 is 4.74 Å². The smallest absolute Gasteiger partial charge is 0.129 e. The number of ether oxygens (including phenoxy) is 1. The summed E-state index contributed by atoms with van der Waals surface area (Å²) < 4.78 is 6.14. The molecule has 0 aliphatic heterocycles. The lowest BCUT2D eigenvalue weighted by Gasteiger charge is -2.09. The second-order valence-corrected chi connectivity index (χ2v) is 5.34. The van der Waals surface area contributed by atoms with Crippen molar-refractivity contribution in [3.05, 3.63) is 57.7 Å². The van der Waals surface area contributed by atoms with Gasteiger partial charge >= 0.3 is 0 Å². The molecule has 4 heteroatoms. The Morgan fingerprint density at radius 2 is 2.05 bits per heavy atom.